The molecule has 0 spiro atoms. The molecule has 1 rings (SSSR count). The lowest BCUT2D eigenvalue weighted by molar-refractivity contribution is -0.136. The highest BCUT2D eigenvalue weighted by Gasteiger charge is 2.17. The molecule has 1 aromatic heterocycles. The normalized spacial score (nSPS) is 10.8. The fraction of sp³-hybridized carbons (Fsp3) is 0.333. The zero-order valence-corrected chi connectivity index (χ0v) is 11.6. The van der Waals surface area contributed by atoms with Crippen LogP contribution >= 0.6 is 38.5 Å². The van der Waals surface area contributed by atoms with Crippen LogP contribution in [0.4, 0.5) is 8.78 Å². The molecule has 0 atom stereocenters. The van der Waals surface area contributed by atoms with Crippen LogP contribution in [0.25, 0.3) is 0 Å². The minimum Gasteiger partial charge on any atom is -0.481 e. The first-order valence-corrected chi connectivity index (χ1v) is 6.39. The lowest BCUT2D eigenvalue weighted by Crippen LogP contribution is -2.07. The van der Waals surface area contributed by atoms with Gasteiger partial charge in [-0.1, -0.05) is 15.9 Å². The van der Waals surface area contributed by atoms with E-state index in [-0.39, 0.29) is 12.1 Å². The predicted molar refractivity (Wildman–Crippen MR) is 65.9 cm³/mol. The van der Waals surface area contributed by atoms with Crippen molar-refractivity contribution in [3.63, 3.8) is 0 Å². The number of pyridine rings is 1. The van der Waals surface area contributed by atoms with Crippen molar-refractivity contribution in [1.29, 1.82) is 0 Å². The van der Waals surface area contributed by atoms with Gasteiger partial charge in [-0.15, -0.1) is 0 Å². The molecule has 0 saturated carbocycles. The molecule has 0 amide bonds. The minimum absolute atomic E-state index is 0.279. The van der Waals surface area contributed by atoms with E-state index in [1.807, 2.05) is 22.6 Å². The molecule has 1 aromatic rings. The molecular weight excluding hydrogens is 399 g/mol. The number of nitrogens with zero attached hydrogens (tertiary/aromatic N) is 1. The van der Waals surface area contributed by atoms with Crippen LogP contribution in [-0.2, 0) is 16.5 Å². The topological polar surface area (TPSA) is 50.2 Å². The third-order valence-corrected chi connectivity index (χ3v) is 3.34. The predicted octanol–water partition coefficient (Wildman–Crippen LogP) is 3.15. The number of rotatable bonds is 4. The van der Waals surface area contributed by atoms with E-state index in [2.05, 4.69) is 20.9 Å². The zero-order valence-electron chi connectivity index (χ0n) is 7.88. The van der Waals surface area contributed by atoms with E-state index in [1.165, 1.54) is 0 Å². The Kier molecular flexibility index (Phi) is 5.03. The molecule has 0 saturated heterocycles. The maximum Gasteiger partial charge on any atom is 0.307 e. The fourth-order valence-corrected chi connectivity index (χ4v) is 3.15. The molecule has 1 N–H and O–H groups in total. The van der Waals surface area contributed by atoms with Crippen molar-refractivity contribution >= 4 is 44.5 Å². The molecule has 0 fully saturated rings. The zero-order chi connectivity index (χ0) is 12.3. The highest BCUT2D eigenvalue weighted by Crippen LogP contribution is 2.25. The van der Waals surface area contributed by atoms with Crippen LogP contribution in [0, 0.1) is 3.70 Å². The number of carbonyl (C=O) groups is 1. The summed E-state index contributed by atoms with van der Waals surface area (Å²) in [7, 11) is 0. The van der Waals surface area contributed by atoms with Gasteiger partial charge >= 0.3 is 5.97 Å². The standard InChI is InChI=1S/C9H7BrF2INO2/c10-3-5-4(2-7(15)16)1-6(8(11)12)14-9(5)13/h1,8H,2-3H2,(H,15,16). The SMILES string of the molecule is O=C(O)Cc1cc(C(F)F)nc(I)c1CBr. The molecule has 0 aliphatic carbocycles. The van der Waals surface area contributed by atoms with Gasteiger partial charge in [0.25, 0.3) is 6.43 Å². The summed E-state index contributed by atoms with van der Waals surface area (Å²) in [5.41, 5.74) is 0.636. The molecule has 0 radical (unpaired) electrons. The summed E-state index contributed by atoms with van der Waals surface area (Å²) in [6.07, 6.45) is -2.97. The van der Waals surface area contributed by atoms with Gasteiger partial charge in [0.05, 0.1) is 6.42 Å². The van der Waals surface area contributed by atoms with E-state index in [0.29, 0.717) is 20.2 Å². The van der Waals surface area contributed by atoms with Crippen LogP contribution in [0.2, 0.25) is 0 Å². The fourth-order valence-electron chi connectivity index (χ4n) is 1.18. The molecule has 0 bridgehead atoms. The van der Waals surface area contributed by atoms with Crippen molar-refractivity contribution in [2.75, 3.05) is 0 Å². The van der Waals surface area contributed by atoms with Crippen LogP contribution in [0.3, 0.4) is 0 Å². The summed E-state index contributed by atoms with van der Waals surface area (Å²) in [4.78, 5) is 14.3. The summed E-state index contributed by atoms with van der Waals surface area (Å²) < 4.78 is 25.4. The maximum absolute atomic E-state index is 12.5. The Morgan fingerprint density at radius 3 is 2.69 bits per heavy atom. The van der Waals surface area contributed by atoms with Crippen molar-refractivity contribution in [2.24, 2.45) is 0 Å². The number of halogens is 4. The van der Waals surface area contributed by atoms with E-state index in [4.69, 9.17) is 5.11 Å². The summed E-state index contributed by atoms with van der Waals surface area (Å²) in [5.74, 6) is -1.05. The smallest absolute Gasteiger partial charge is 0.307 e. The van der Waals surface area contributed by atoms with E-state index in [1.54, 1.807) is 0 Å². The number of alkyl halides is 3. The van der Waals surface area contributed by atoms with E-state index in [0.717, 1.165) is 6.07 Å². The molecule has 7 heteroatoms. The van der Waals surface area contributed by atoms with Gasteiger partial charge in [-0.05, 0) is 39.8 Å². The summed E-state index contributed by atoms with van der Waals surface area (Å²) >= 11 is 5.01. The van der Waals surface area contributed by atoms with Gasteiger partial charge in [0.2, 0.25) is 0 Å². The molecular formula is C9H7BrF2INO2. The first-order chi connectivity index (χ1) is 7.45. The number of aromatic nitrogens is 1. The molecule has 3 nitrogen and oxygen atoms in total. The summed E-state index contributed by atoms with van der Waals surface area (Å²) in [6, 6.07) is 1.15. The third-order valence-electron chi connectivity index (χ3n) is 1.88. The highest BCUT2D eigenvalue weighted by atomic mass is 127. The van der Waals surface area contributed by atoms with Gasteiger partial charge in [-0.3, -0.25) is 4.79 Å². The number of hydrogen-bond donors (Lipinski definition) is 1. The lowest BCUT2D eigenvalue weighted by Gasteiger charge is -2.09. The first-order valence-electron chi connectivity index (χ1n) is 4.19. The van der Waals surface area contributed by atoms with Crippen molar-refractivity contribution < 1.29 is 18.7 Å². The average molecular weight is 406 g/mol. The Morgan fingerprint density at radius 1 is 1.62 bits per heavy atom. The minimum atomic E-state index is -2.69. The van der Waals surface area contributed by atoms with Crippen molar-refractivity contribution in [3.05, 3.63) is 26.6 Å². The second-order valence-corrected chi connectivity index (χ2v) is 4.56. The van der Waals surface area contributed by atoms with Crippen molar-refractivity contribution in [2.45, 2.75) is 18.2 Å². The molecule has 0 aliphatic heterocycles. The molecule has 1 heterocycles. The van der Waals surface area contributed by atoms with E-state index in [9.17, 15) is 13.6 Å². The van der Waals surface area contributed by atoms with Gasteiger partial charge in [0.15, 0.2) is 0 Å². The van der Waals surface area contributed by atoms with Gasteiger partial charge in [-0.2, -0.15) is 0 Å². The summed E-state index contributed by atoms with van der Waals surface area (Å²) in [5, 5.41) is 9.07. The van der Waals surface area contributed by atoms with E-state index >= 15 is 0 Å². The molecule has 16 heavy (non-hydrogen) atoms. The number of carboxylic acids is 1. The molecule has 0 aliphatic rings. The highest BCUT2D eigenvalue weighted by molar-refractivity contribution is 14.1. The Hall–Kier alpha value is -0.310. The third kappa shape index (κ3) is 3.34. The van der Waals surface area contributed by atoms with Gasteiger partial charge in [0, 0.05) is 5.33 Å². The van der Waals surface area contributed by atoms with E-state index < -0.39 is 12.4 Å². The second-order valence-electron chi connectivity index (χ2n) is 2.98. The molecule has 0 aromatic carbocycles. The quantitative estimate of drug-likeness (QED) is 0.475. The van der Waals surface area contributed by atoms with Crippen molar-refractivity contribution in [1.82, 2.24) is 4.98 Å². The lowest BCUT2D eigenvalue weighted by atomic mass is 10.1. The van der Waals surface area contributed by atoms with Crippen LogP contribution in [0.15, 0.2) is 6.07 Å². The Labute approximate surface area is 113 Å². The Bertz CT molecular complexity index is 415. The maximum atomic E-state index is 12.5. The monoisotopic (exact) mass is 405 g/mol. The number of aliphatic carboxylic acids is 1. The van der Waals surface area contributed by atoms with Crippen LogP contribution in [-0.4, -0.2) is 16.1 Å². The van der Waals surface area contributed by atoms with Crippen molar-refractivity contribution in [3.8, 4) is 0 Å². The Morgan fingerprint density at radius 2 is 2.25 bits per heavy atom. The Balaban J connectivity index is 3.24. The average Bonchev–Trinajstić information content (AvgIpc) is 2.16. The second kappa shape index (κ2) is 5.85. The molecule has 0 unspecified atom stereocenters. The first kappa shape index (κ1) is 13.8. The molecule has 88 valence electrons. The van der Waals surface area contributed by atoms with Crippen LogP contribution in [0.1, 0.15) is 23.2 Å². The summed E-state index contributed by atoms with van der Waals surface area (Å²) in [6.45, 7) is 0. The van der Waals surface area contributed by atoms with Crippen LogP contribution in [0.5, 0.6) is 0 Å². The number of hydrogen-bond acceptors (Lipinski definition) is 2. The number of carboxylic acid groups (broad SMARTS) is 1. The van der Waals surface area contributed by atoms with Gasteiger partial charge in [0.1, 0.15) is 9.39 Å². The van der Waals surface area contributed by atoms with Gasteiger partial charge < -0.3 is 5.11 Å². The largest absolute Gasteiger partial charge is 0.481 e. The van der Waals surface area contributed by atoms with Crippen LogP contribution < -0.4 is 0 Å². The van der Waals surface area contributed by atoms with Gasteiger partial charge in [-0.25, -0.2) is 13.8 Å².